The molecule has 0 bridgehead atoms. The predicted molar refractivity (Wildman–Crippen MR) is 53.9 cm³/mol. The van der Waals surface area contributed by atoms with E-state index in [1.807, 2.05) is 0 Å². The molecule has 0 saturated carbocycles. The third kappa shape index (κ3) is 3.79. The zero-order valence-corrected chi connectivity index (χ0v) is 8.51. The van der Waals surface area contributed by atoms with Crippen LogP contribution in [0.2, 0.25) is 0 Å². The first-order valence-electron chi connectivity index (χ1n) is 4.62. The molecule has 2 N–H and O–H groups in total. The molecule has 0 radical (unpaired) electrons. The number of amides is 2. The summed E-state index contributed by atoms with van der Waals surface area (Å²) in [5.41, 5.74) is 0. The van der Waals surface area contributed by atoms with Gasteiger partial charge in [0.2, 0.25) is 0 Å². The Balaban J connectivity index is 2.20. The van der Waals surface area contributed by atoms with Crippen LogP contribution in [0.15, 0.2) is 18.7 Å². The van der Waals surface area contributed by atoms with Gasteiger partial charge in [0, 0.05) is 25.5 Å². The minimum Gasteiger partial charge on any atom is -0.346 e. The van der Waals surface area contributed by atoms with E-state index in [4.69, 9.17) is 5.26 Å². The maximum atomic E-state index is 11.1. The maximum absolute atomic E-state index is 11.1. The quantitative estimate of drug-likeness (QED) is 0.484. The SMILES string of the molecule is N#CCNC(=O)C(=O)NCCn1ccnc1. The molecule has 0 aromatic carbocycles. The Morgan fingerprint density at radius 1 is 1.38 bits per heavy atom. The Hall–Kier alpha value is -2.36. The van der Waals surface area contributed by atoms with Crippen molar-refractivity contribution in [3.63, 3.8) is 0 Å². The van der Waals surface area contributed by atoms with Gasteiger partial charge in [-0.25, -0.2) is 4.98 Å². The lowest BCUT2D eigenvalue weighted by Gasteiger charge is -2.04. The van der Waals surface area contributed by atoms with Crippen LogP contribution in [-0.2, 0) is 16.1 Å². The van der Waals surface area contributed by atoms with Crippen molar-refractivity contribution in [2.24, 2.45) is 0 Å². The summed E-state index contributed by atoms with van der Waals surface area (Å²) >= 11 is 0. The van der Waals surface area contributed by atoms with Gasteiger partial charge in [0.1, 0.15) is 6.54 Å². The summed E-state index contributed by atoms with van der Waals surface area (Å²) in [6, 6.07) is 1.71. The largest absolute Gasteiger partial charge is 0.346 e. The molecule has 0 unspecified atom stereocenters. The Bertz CT molecular complexity index is 393. The maximum Gasteiger partial charge on any atom is 0.310 e. The predicted octanol–water partition coefficient (Wildman–Crippen LogP) is -1.36. The highest BCUT2D eigenvalue weighted by molar-refractivity contribution is 6.35. The van der Waals surface area contributed by atoms with Crippen LogP contribution in [0.4, 0.5) is 0 Å². The molecule has 0 atom stereocenters. The van der Waals surface area contributed by atoms with E-state index in [0.29, 0.717) is 13.1 Å². The highest BCUT2D eigenvalue weighted by Gasteiger charge is 2.11. The number of carbonyl (C=O) groups is 2. The second kappa shape index (κ2) is 6.19. The number of nitrogens with zero attached hydrogens (tertiary/aromatic N) is 3. The number of nitrogens with one attached hydrogen (secondary N) is 2. The fraction of sp³-hybridized carbons (Fsp3) is 0.333. The Morgan fingerprint density at radius 2 is 2.12 bits per heavy atom. The average Bonchev–Trinajstić information content (AvgIpc) is 2.78. The van der Waals surface area contributed by atoms with E-state index in [1.165, 1.54) is 0 Å². The Morgan fingerprint density at radius 3 is 2.75 bits per heavy atom. The van der Waals surface area contributed by atoms with Gasteiger partial charge in [-0.3, -0.25) is 9.59 Å². The van der Waals surface area contributed by atoms with Gasteiger partial charge < -0.3 is 15.2 Å². The van der Waals surface area contributed by atoms with Crippen molar-refractivity contribution >= 4 is 11.8 Å². The molecule has 84 valence electrons. The van der Waals surface area contributed by atoms with Crippen LogP contribution >= 0.6 is 0 Å². The number of hydrogen-bond acceptors (Lipinski definition) is 4. The van der Waals surface area contributed by atoms with E-state index in [2.05, 4.69) is 15.6 Å². The van der Waals surface area contributed by atoms with Gasteiger partial charge in [-0.05, 0) is 0 Å². The fourth-order valence-electron chi connectivity index (χ4n) is 0.998. The molecule has 16 heavy (non-hydrogen) atoms. The topological polar surface area (TPSA) is 99.8 Å². The lowest BCUT2D eigenvalue weighted by atomic mass is 10.5. The molecule has 1 aromatic rings. The van der Waals surface area contributed by atoms with E-state index < -0.39 is 11.8 Å². The Labute approximate surface area is 92.1 Å². The summed E-state index contributed by atoms with van der Waals surface area (Å²) in [5.74, 6) is -1.54. The summed E-state index contributed by atoms with van der Waals surface area (Å²) < 4.78 is 1.77. The number of hydrogen-bond donors (Lipinski definition) is 2. The van der Waals surface area contributed by atoms with Crippen molar-refractivity contribution in [2.45, 2.75) is 6.54 Å². The van der Waals surface area contributed by atoms with E-state index in [1.54, 1.807) is 29.4 Å². The summed E-state index contributed by atoms with van der Waals surface area (Å²) in [4.78, 5) is 26.0. The minimum absolute atomic E-state index is 0.173. The first-order chi connectivity index (χ1) is 7.74. The molecule has 0 aliphatic rings. The van der Waals surface area contributed by atoms with Crippen LogP contribution in [0, 0.1) is 11.3 Å². The molecular weight excluding hydrogens is 210 g/mol. The first-order valence-corrected chi connectivity index (χ1v) is 4.62. The van der Waals surface area contributed by atoms with Crippen molar-refractivity contribution in [3.05, 3.63) is 18.7 Å². The molecule has 7 nitrogen and oxygen atoms in total. The lowest BCUT2D eigenvalue weighted by Crippen LogP contribution is -2.41. The standard InChI is InChI=1S/C9H11N5O2/c10-1-2-12-8(15)9(16)13-4-6-14-5-3-11-7-14/h3,5,7H,2,4,6H2,(H,12,15)(H,13,16). The molecule has 1 aromatic heterocycles. The lowest BCUT2D eigenvalue weighted by molar-refractivity contribution is -0.139. The highest BCUT2D eigenvalue weighted by atomic mass is 16.2. The van der Waals surface area contributed by atoms with Crippen LogP contribution in [0.1, 0.15) is 0 Å². The molecule has 0 aliphatic carbocycles. The Kier molecular flexibility index (Phi) is 4.53. The normalized spacial score (nSPS) is 9.19. The molecule has 1 rings (SSSR count). The summed E-state index contributed by atoms with van der Waals surface area (Å²) in [6.07, 6.45) is 4.99. The highest BCUT2D eigenvalue weighted by Crippen LogP contribution is 1.83. The van der Waals surface area contributed by atoms with Crippen LogP contribution in [0.5, 0.6) is 0 Å². The number of aromatic nitrogens is 2. The third-order valence-corrected chi connectivity index (χ3v) is 1.75. The van der Waals surface area contributed by atoms with E-state index in [9.17, 15) is 9.59 Å². The number of rotatable bonds is 4. The van der Waals surface area contributed by atoms with Crippen LogP contribution in [0.3, 0.4) is 0 Å². The summed E-state index contributed by atoms with van der Waals surface area (Å²) in [5, 5.41) is 12.8. The van der Waals surface area contributed by atoms with Crippen molar-refractivity contribution in [3.8, 4) is 6.07 Å². The van der Waals surface area contributed by atoms with Crippen LogP contribution in [-0.4, -0.2) is 34.5 Å². The average molecular weight is 221 g/mol. The number of imidazole rings is 1. The number of nitriles is 1. The van der Waals surface area contributed by atoms with Gasteiger partial charge in [-0.1, -0.05) is 0 Å². The molecule has 0 spiro atoms. The monoisotopic (exact) mass is 221 g/mol. The third-order valence-electron chi connectivity index (χ3n) is 1.75. The van der Waals surface area contributed by atoms with Gasteiger partial charge in [0.05, 0.1) is 12.4 Å². The molecule has 0 fully saturated rings. The van der Waals surface area contributed by atoms with Crippen molar-refractivity contribution in [1.29, 1.82) is 5.26 Å². The van der Waals surface area contributed by atoms with Crippen LogP contribution < -0.4 is 10.6 Å². The summed E-state index contributed by atoms with van der Waals surface area (Å²) in [7, 11) is 0. The van der Waals surface area contributed by atoms with Crippen molar-refractivity contribution in [1.82, 2.24) is 20.2 Å². The van der Waals surface area contributed by atoms with E-state index in [0.717, 1.165) is 0 Å². The fourth-order valence-corrected chi connectivity index (χ4v) is 0.998. The zero-order valence-electron chi connectivity index (χ0n) is 8.51. The molecular formula is C9H11N5O2. The molecule has 2 amide bonds. The van der Waals surface area contributed by atoms with Gasteiger partial charge in [0.25, 0.3) is 0 Å². The van der Waals surface area contributed by atoms with Crippen molar-refractivity contribution in [2.75, 3.05) is 13.1 Å². The second-order valence-corrected chi connectivity index (χ2v) is 2.90. The molecule has 0 saturated heterocycles. The smallest absolute Gasteiger partial charge is 0.310 e. The van der Waals surface area contributed by atoms with Crippen LogP contribution in [0.25, 0.3) is 0 Å². The zero-order chi connectivity index (χ0) is 11.8. The van der Waals surface area contributed by atoms with Crippen molar-refractivity contribution < 1.29 is 9.59 Å². The minimum atomic E-state index is -0.799. The van der Waals surface area contributed by atoms with Gasteiger partial charge in [-0.2, -0.15) is 5.26 Å². The number of carbonyl (C=O) groups excluding carboxylic acids is 2. The van der Waals surface area contributed by atoms with Gasteiger partial charge in [-0.15, -0.1) is 0 Å². The molecule has 7 heteroatoms. The summed E-state index contributed by atoms with van der Waals surface area (Å²) in [6.45, 7) is 0.695. The molecule has 0 aliphatic heterocycles. The van der Waals surface area contributed by atoms with E-state index >= 15 is 0 Å². The first kappa shape index (κ1) is 11.7. The van der Waals surface area contributed by atoms with E-state index in [-0.39, 0.29) is 6.54 Å². The van der Waals surface area contributed by atoms with Gasteiger partial charge in [0.15, 0.2) is 0 Å². The van der Waals surface area contributed by atoms with Gasteiger partial charge >= 0.3 is 11.8 Å². The molecule has 1 heterocycles. The second-order valence-electron chi connectivity index (χ2n) is 2.90.